The SMILES string of the molecule is Cc1ccc(-n2nc(C)c(NC(=O)CN(C)C(C)C(=O)O)c2C)cc1. The third kappa shape index (κ3) is 4.24. The second-order valence-electron chi connectivity index (χ2n) is 6.27. The van der Waals surface area contributed by atoms with Gasteiger partial charge in [0.2, 0.25) is 5.91 Å². The fourth-order valence-corrected chi connectivity index (χ4v) is 2.49. The first kappa shape index (κ1) is 18.7. The topological polar surface area (TPSA) is 87.5 Å². The van der Waals surface area contributed by atoms with Crippen LogP contribution in [0.5, 0.6) is 0 Å². The lowest BCUT2D eigenvalue weighted by Crippen LogP contribution is -2.40. The summed E-state index contributed by atoms with van der Waals surface area (Å²) in [5.41, 5.74) is 4.27. The van der Waals surface area contributed by atoms with Crippen LogP contribution in [0, 0.1) is 20.8 Å². The van der Waals surface area contributed by atoms with Crippen molar-refractivity contribution in [1.82, 2.24) is 14.7 Å². The number of hydrogen-bond acceptors (Lipinski definition) is 4. The molecule has 0 aliphatic rings. The number of benzene rings is 1. The lowest BCUT2D eigenvalue weighted by atomic mass is 10.2. The van der Waals surface area contributed by atoms with E-state index in [1.54, 1.807) is 18.7 Å². The predicted octanol–water partition coefficient (Wildman–Crippen LogP) is 2.14. The predicted molar refractivity (Wildman–Crippen MR) is 96.1 cm³/mol. The van der Waals surface area contributed by atoms with E-state index in [1.807, 2.05) is 45.0 Å². The number of aromatic nitrogens is 2. The lowest BCUT2D eigenvalue weighted by Gasteiger charge is -2.20. The van der Waals surface area contributed by atoms with Crippen molar-refractivity contribution in [2.45, 2.75) is 33.7 Å². The van der Waals surface area contributed by atoms with Crippen molar-refractivity contribution in [2.24, 2.45) is 0 Å². The van der Waals surface area contributed by atoms with Crippen LogP contribution in [0.3, 0.4) is 0 Å². The zero-order valence-corrected chi connectivity index (χ0v) is 15.2. The molecule has 7 heteroatoms. The maximum absolute atomic E-state index is 12.3. The van der Waals surface area contributed by atoms with E-state index in [2.05, 4.69) is 10.4 Å². The second kappa shape index (κ2) is 7.48. The highest BCUT2D eigenvalue weighted by Crippen LogP contribution is 2.23. The second-order valence-corrected chi connectivity index (χ2v) is 6.27. The number of carboxylic acid groups (broad SMARTS) is 1. The molecule has 0 bridgehead atoms. The van der Waals surface area contributed by atoms with Crippen molar-refractivity contribution in [3.05, 3.63) is 41.2 Å². The highest BCUT2D eigenvalue weighted by molar-refractivity contribution is 5.93. The van der Waals surface area contributed by atoms with Crippen LogP contribution in [-0.4, -0.2) is 51.3 Å². The zero-order chi connectivity index (χ0) is 18.7. The Morgan fingerprint density at radius 1 is 1.24 bits per heavy atom. The van der Waals surface area contributed by atoms with Gasteiger partial charge >= 0.3 is 5.97 Å². The van der Waals surface area contributed by atoms with Gasteiger partial charge in [-0.3, -0.25) is 14.5 Å². The number of likely N-dealkylation sites (N-methyl/N-ethyl adjacent to an activating group) is 1. The van der Waals surface area contributed by atoms with E-state index in [1.165, 1.54) is 4.90 Å². The molecule has 1 aromatic heterocycles. The van der Waals surface area contributed by atoms with Crippen LogP contribution >= 0.6 is 0 Å². The van der Waals surface area contributed by atoms with Gasteiger partial charge in [0.25, 0.3) is 0 Å². The molecule has 134 valence electrons. The molecule has 1 aromatic carbocycles. The van der Waals surface area contributed by atoms with Crippen molar-refractivity contribution in [3.8, 4) is 5.69 Å². The van der Waals surface area contributed by atoms with Crippen LogP contribution < -0.4 is 5.32 Å². The van der Waals surface area contributed by atoms with Gasteiger partial charge in [0.05, 0.1) is 29.3 Å². The van der Waals surface area contributed by atoms with E-state index in [0.29, 0.717) is 11.4 Å². The number of amides is 1. The summed E-state index contributed by atoms with van der Waals surface area (Å²) in [5.74, 6) is -1.24. The third-order valence-electron chi connectivity index (χ3n) is 4.25. The van der Waals surface area contributed by atoms with Gasteiger partial charge < -0.3 is 10.4 Å². The van der Waals surface area contributed by atoms with E-state index in [4.69, 9.17) is 5.11 Å². The van der Waals surface area contributed by atoms with Gasteiger partial charge in [-0.25, -0.2) is 4.68 Å². The largest absolute Gasteiger partial charge is 0.480 e. The molecule has 2 rings (SSSR count). The Balaban J connectivity index is 2.16. The molecule has 25 heavy (non-hydrogen) atoms. The van der Waals surface area contributed by atoms with Crippen molar-refractivity contribution >= 4 is 17.6 Å². The van der Waals surface area contributed by atoms with Crippen LogP contribution in [0.15, 0.2) is 24.3 Å². The molecule has 0 aliphatic carbocycles. The maximum Gasteiger partial charge on any atom is 0.320 e. The zero-order valence-electron chi connectivity index (χ0n) is 15.2. The van der Waals surface area contributed by atoms with E-state index >= 15 is 0 Å². The first-order chi connectivity index (χ1) is 11.7. The van der Waals surface area contributed by atoms with E-state index < -0.39 is 12.0 Å². The molecule has 0 aliphatic heterocycles. The van der Waals surface area contributed by atoms with E-state index in [0.717, 1.165) is 16.9 Å². The number of rotatable bonds is 6. The number of carboxylic acids is 1. The molecular formula is C18H24N4O3. The van der Waals surface area contributed by atoms with Gasteiger partial charge in [-0.15, -0.1) is 0 Å². The summed E-state index contributed by atoms with van der Waals surface area (Å²) in [7, 11) is 1.60. The minimum absolute atomic E-state index is 0.0118. The summed E-state index contributed by atoms with van der Waals surface area (Å²) in [4.78, 5) is 24.7. The molecule has 1 amide bonds. The molecule has 0 saturated heterocycles. The van der Waals surface area contributed by atoms with Crippen LogP contribution in [0.4, 0.5) is 5.69 Å². The Kier molecular flexibility index (Phi) is 5.58. The fraction of sp³-hybridized carbons (Fsp3) is 0.389. The number of anilines is 1. The van der Waals surface area contributed by atoms with Crippen molar-refractivity contribution in [1.29, 1.82) is 0 Å². The van der Waals surface area contributed by atoms with Crippen LogP contribution in [0.25, 0.3) is 5.69 Å². The average molecular weight is 344 g/mol. The average Bonchev–Trinajstić information content (AvgIpc) is 2.82. The Morgan fingerprint density at radius 3 is 2.40 bits per heavy atom. The molecular weight excluding hydrogens is 320 g/mol. The lowest BCUT2D eigenvalue weighted by molar-refractivity contribution is -0.142. The summed E-state index contributed by atoms with van der Waals surface area (Å²) < 4.78 is 1.79. The van der Waals surface area contributed by atoms with Crippen molar-refractivity contribution < 1.29 is 14.7 Å². The molecule has 1 unspecified atom stereocenters. The van der Waals surface area contributed by atoms with Gasteiger partial charge in [-0.2, -0.15) is 5.10 Å². The Bertz CT molecular complexity index is 780. The van der Waals surface area contributed by atoms with Crippen LogP contribution in [0.2, 0.25) is 0 Å². The minimum atomic E-state index is -0.963. The fourth-order valence-electron chi connectivity index (χ4n) is 2.49. The third-order valence-corrected chi connectivity index (χ3v) is 4.25. The first-order valence-electron chi connectivity index (χ1n) is 8.07. The number of carbonyl (C=O) groups is 2. The van der Waals surface area contributed by atoms with Crippen molar-refractivity contribution in [2.75, 3.05) is 18.9 Å². The Hall–Kier alpha value is -2.67. The quantitative estimate of drug-likeness (QED) is 0.838. The minimum Gasteiger partial charge on any atom is -0.480 e. The van der Waals surface area contributed by atoms with Gasteiger partial charge in [0.15, 0.2) is 0 Å². The van der Waals surface area contributed by atoms with Gasteiger partial charge in [0, 0.05) is 0 Å². The number of nitrogens with one attached hydrogen (secondary N) is 1. The van der Waals surface area contributed by atoms with Crippen LogP contribution in [0.1, 0.15) is 23.9 Å². The summed E-state index contributed by atoms with van der Waals surface area (Å²) >= 11 is 0. The Morgan fingerprint density at radius 2 is 1.84 bits per heavy atom. The van der Waals surface area contributed by atoms with Gasteiger partial charge in [-0.05, 0) is 46.9 Å². The summed E-state index contributed by atoms with van der Waals surface area (Å²) in [6, 6.07) is 7.23. The number of aliphatic carboxylic acids is 1. The van der Waals surface area contributed by atoms with Crippen molar-refractivity contribution in [3.63, 3.8) is 0 Å². The van der Waals surface area contributed by atoms with E-state index in [9.17, 15) is 9.59 Å². The molecule has 2 aromatic rings. The Labute approximate surface area is 147 Å². The van der Waals surface area contributed by atoms with Crippen LogP contribution in [-0.2, 0) is 9.59 Å². The van der Waals surface area contributed by atoms with Gasteiger partial charge in [0.1, 0.15) is 6.04 Å². The standard InChI is InChI=1S/C18H24N4O3/c1-11-6-8-15(9-7-11)22-13(3)17(12(2)20-22)19-16(23)10-21(5)14(4)18(24)25/h6-9,14H,10H2,1-5H3,(H,19,23)(H,24,25). The summed E-state index contributed by atoms with van der Waals surface area (Å²) in [5, 5.41) is 16.4. The molecule has 0 fully saturated rings. The molecule has 0 saturated carbocycles. The number of carbonyl (C=O) groups excluding carboxylic acids is 1. The summed E-state index contributed by atoms with van der Waals surface area (Å²) in [6.45, 7) is 7.27. The number of nitrogens with zero attached hydrogens (tertiary/aromatic N) is 3. The van der Waals surface area contributed by atoms with Gasteiger partial charge in [-0.1, -0.05) is 17.7 Å². The molecule has 2 N–H and O–H groups in total. The number of aryl methyl sites for hydroxylation is 2. The smallest absolute Gasteiger partial charge is 0.320 e. The summed E-state index contributed by atoms with van der Waals surface area (Å²) in [6.07, 6.45) is 0. The molecule has 7 nitrogen and oxygen atoms in total. The monoisotopic (exact) mass is 344 g/mol. The maximum atomic E-state index is 12.3. The number of hydrogen-bond donors (Lipinski definition) is 2. The first-order valence-corrected chi connectivity index (χ1v) is 8.07. The normalized spacial score (nSPS) is 12.2. The molecule has 1 heterocycles. The highest BCUT2D eigenvalue weighted by atomic mass is 16.4. The molecule has 0 radical (unpaired) electrons. The molecule has 1 atom stereocenters. The highest BCUT2D eigenvalue weighted by Gasteiger charge is 2.21. The van der Waals surface area contributed by atoms with E-state index in [-0.39, 0.29) is 12.5 Å². The molecule has 0 spiro atoms.